The maximum absolute atomic E-state index is 12.1. The number of anilines is 1. The molecule has 6 heteroatoms. The lowest BCUT2D eigenvalue weighted by molar-refractivity contribution is -0.384. The van der Waals surface area contributed by atoms with Crippen LogP contribution in [0.25, 0.3) is 6.08 Å². The Kier molecular flexibility index (Phi) is 4.61. The zero-order valence-electron chi connectivity index (χ0n) is 13.6. The number of amides is 1. The Bertz CT molecular complexity index is 900. The molecule has 3 rings (SSSR count). The Morgan fingerprint density at radius 1 is 1.28 bits per heavy atom. The third-order valence-corrected chi connectivity index (χ3v) is 3.78. The average molecular weight is 336 g/mol. The number of hydrogen-bond acceptors (Lipinski definition) is 4. The van der Waals surface area contributed by atoms with E-state index < -0.39 is 4.92 Å². The second-order valence-electron chi connectivity index (χ2n) is 5.62. The van der Waals surface area contributed by atoms with Gasteiger partial charge in [-0.15, -0.1) is 0 Å². The summed E-state index contributed by atoms with van der Waals surface area (Å²) in [6, 6.07) is 12.0. The number of ether oxygens (including phenoxy) is 1. The second kappa shape index (κ2) is 7.00. The number of carbonyl (C=O) groups is 1. The van der Waals surface area contributed by atoms with Gasteiger partial charge in [0.2, 0.25) is 5.91 Å². The van der Waals surface area contributed by atoms with Crippen molar-refractivity contribution in [2.24, 2.45) is 0 Å². The van der Waals surface area contributed by atoms with E-state index >= 15 is 0 Å². The maximum Gasteiger partial charge on any atom is 0.269 e. The number of nitro benzene ring substituents is 1. The van der Waals surface area contributed by atoms with Gasteiger partial charge in [-0.3, -0.25) is 14.9 Å². The van der Waals surface area contributed by atoms with Crippen LogP contribution < -0.4 is 10.1 Å². The Morgan fingerprint density at radius 3 is 2.84 bits per heavy atom. The molecule has 1 aliphatic heterocycles. The number of aryl methyl sites for hydroxylation is 1. The highest BCUT2D eigenvalue weighted by atomic mass is 16.6. The first-order valence-corrected chi connectivity index (χ1v) is 7.69. The number of hydrogen-bond donors (Lipinski definition) is 1. The van der Waals surface area contributed by atoms with Gasteiger partial charge in [-0.2, -0.15) is 0 Å². The van der Waals surface area contributed by atoms with Crippen molar-refractivity contribution in [2.75, 3.05) is 11.9 Å². The molecule has 0 saturated heterocycles. The third-order valence-electron chi connectivity index (χ3n) is 3.78. The first-order valence-electron chi connectivity index (χ1n) is 7.69. The Hall–Kier alpha value is -3.41. The molecule has 1 heterocycles. The van der Waals surface area contributed by atoms with Gasteiger partial charge in [0.25, 0.3) is 5.69 Å². The van der Waals surface area contributed by atoms with Gasteiger partial charge in [-0.1, -0.05) is 24.3 Å². The molecule has 0 atom stereocenters. The number of nitrogens with one attached hydrogen (secondary N) is 1. The molecule has 25 heavy (non-hydrogen) atoms. The van der Waals surface area contributed by atoms with Gasteiger partial charge in [0.1, 0.15) is 12.4 Å². The molecule has 126 valence electrons. The molecule has 0 spiro atoms. The molecule has 1 aliphatic rings. The standard InChI is InChI=1S/C19H16N2O4/c1-13-10-16(21(23)24)7-8-17(13)20-19(22)9-6-14-11-15-4-2-3-5-18(15)25-12-14/h2-11H,12H2,1H3,(H,20,22). The zero-order chi connectivity index (χ0) is 17.8. The molecule has 0 radical (unpaired) electrons. The van der Waals surface area contributed by atoms with E-state index in [0.717, 1.165) is 16.9 Å². The molecule has 2 aromatic carbocycles. The lowest BCUT2D eigenvalue weighted by atomic mass is 10.1. The fourth-order valence-corrected chi connectivity index (χ4v) is 2.49. The van der Waals surface area contributed by atoms with Crippen LogP contribution in [0.1, 0.15) is 11.1 Å². The summed E-state index contributed by atoms with van der Waals surface area (Å²) in [7, 11) is 0. The summed E-state index contributed by atoms with van der Waals surface area (Å²) >= 11 is 0. The van der Waals surface area contributed by atoms with E-state index in [-0.39, 0.29) is 11.6 Å². The molecule has 0 aliphatic carbocycles. The summed E-state index contributed by atoms with van der Waals surface area (Å²) in [6.45, 7) is 2.11. The molecular formula is C19H16N2O4. The quantitative estimate of drug-likeness (QED) is 0.522. The highest BCUT2D eigenvalue weighted by Crippen LogP contribution is 2.26. The van der Waals surface area contributed by atoms with E-state index in [1.54, 1.807) is 13.0 Å². The summed E-state index contributed by atoms with van der Waals surface area (Å²) in [5.74, 6) is 0.516. The minimum absolute atomic E-state index is 0.00536. The van der Waals surface area contributed by atoms with E-state index in [2.05, 4.69) is 5.32 Å². The molecule has 0 aromatic heterocycles. The van der Waals surface area contributed by atoms with E-state index in [9.17, 15) is 14.9 Å². The van der Waals surface area contributed by atoms with Crippen molar-refractivity contribution in [2.45, 2.75) is 6.92 Å². The normalized spacial score (nSPS) is 12.9. The van der Waals surface area contributed by atoms with Gasteiger partial charge in [0, 0.05) is 29.5 Å². The van der Waals surface area contributed by atoms with Crippen molar-refractivity contribution in [3.05, 3.63) is 81.4 Å². The fourth-order valence-electron chi connectivity index (χ4n) is 2.49. The number of nitrogens with zero attached hydrogens (tertiary/aromatic N) is 1. The molecule has 1 N–H and O–H groups in total. The number of nitro groups is 1. The van der Waals surface area contributed by atoms with Crippen LogP contribution in [0.4, 0.5) is 11.4 Å². The van der Waals surface area contributed by atoms with Crippen LogP contribution >= 0.6 is 0 Å². The van der Waals surface area contributed by atoms with Crippen LogP contribution in [-0.2, 0) is 4.79 Å². The summed E-state index contributed by atoms with van der Waals surface area (Å²) in [5.41, 5.74) is 3.02. The third kappa shape index (κ3) is 3.92. The highest BCUT2D eigenvalue weighted by Gasteiger charge is 2.10. The molecule has 2 aromatic rings. The average Bonchev–Trinajstić information content (AvgIpc) is 2.61. The smallest absolute Gasteiger partial charge is 0.269 e. The van der Waals surface area contributed by atoms with Crippen molar-refractivity contribution >= 4 is 23.4 Å². The van der Waals surface area contributed by atoms with E-state index in [1.807, 2.05) is 30.3 Å². The molecular weight excluding hydrogens is 320 g/mol. The Labute approximate surface area is 144 Å². The molecule has 0 fully saturated rings. The van der Waals surface area contributed by atoms with Crippen molar-refractivity contribution in [1.82, 2.24) is 0 Å². The SMILES string of the molecule is Cc1cc([N+](=O)[O-])ccc1NC(=O)C=CC1=Cc2ccccc2OC1. The van der Waals surface area contributed by atoms with Crippen LogP contribution in [0, 0.1) is 17.0 Å². The summed E-state index contributed by atoms with van der Waals surface area (Å²) in [5, 5.41) is 13.5. The zero-order valence-corrected chi connectivity index (χ0v) is 13.6. The number of carbonyl (C=O) groups excluding carboxylic acids is 1. The highest BCUT2D eigenvalue weighted by molar-refractivity contribution is 6.00. The minimum atomic E-state index is -0.466. The summed E-state index contributed by atoms with van der Waals surface area (Å²) < 4.78 is 5.63. The van der Waals surface area contributed by atoms with Gasteiger partial charge in [0.15, 0.2) is 0 Å². The van der Waals surface area contributed by atoms with Crippen molar-refractivity contribution in [3.8, 4) is 5.75 Å². The number of non-ortho nitro benzene ring substituents is 1. The van der Waals surface area contributed by atoms with Crippen LogP contribution in [-0.4, -0.2) is 17.4 Å². The summed E-state index contributed by atoms with van der Waals surface area (Å²) in [6.07, 6.45) is 5.09. The number of benzene rings is 2. The van der Waals surface area contributed by atoms with Crippen LogP contribution in [0.3, 0.4) is 0 Å². The van der Waals surface area contributed by atoms with Crippen molar-refractivity contribution < 1.29 is 14.5 Å². The predicted molar refractivity (Wildman–Crippen MR) is 95.5 cm³/mol. The predicted octanol–water partition coefficient (Wildman–Crippen LogP) is 3.87. The van der Waals surface area contributed by atoms with E-state index in [0.29, 0.717) is 17.9 Å². The van der Waals surface area contributed by atoms with Gasteiger partial charge >= 0.3 is 0 Å². The molecule has 0 bridgehead atoms. The molecule has 0 saturated carbocycles. The van der Waals surface area contributed by atoms with Gasteiger partial charge in [-0.25, -0.2) is 0 Å². The second-order valence-corrected chi connectivity index (χ2v) is 5.62. The van der Waals surface area contributed by atoms with Crippen LogP contribution in [0.15, 0.2) is 60.2 Å². The monoisotopic (exact) mass is 336 g/mol. The van der Waals surface area contributed by atoms with Gasteiger partial charge in [-0.05, 0) is 36.3 Å². The number of rotatable bonds is 4. The number of fused-ring (bicyclic) bond motifs is 1. The molecule has 1 amide bonds. The minimum Gasteiger partial charge on any atom is -0.488 e. The molecule has 6 nitrogen and oxygen atoms in total. The number of para-hydroxylation sites is 1. The lowest BCUT2D eigenvalue weighted by Crippen LogP contribution is -2.10. The van der Waals surface area contributed by atoms with Gasteiger partial charge < -0.3 is 10.1 Å². The Balaban J connectivity index is 1.68. The largest absolute Gasteiger partial charge is 0.488 e. The first-order chi connectivity index (χ1) is 12.0. The van der Waals surface area contributed by atoms with Crippen LogP contribution in [0.5, 0.6) is 5.75 Å². The van der Waals surface area contributed by atoms with Crippen molar-refractivity contribution in [1.29, 1.82) is 0 Å². The summed E-state index contributed by atoms with van der Waals surface area (Å²) in [4.78, 5) is 22.3. The molecule has 0 unspecified atom stereocenters. The lowest BCUT2D eigenvalue weighted by Gasteiger charge is -2.15. The van der Waals surface area contributed by atoms with Gasteiger partial charge in [0.05, 0.1) is 4.92 Å². The first kappa shape index (κ1) is 16.4. The van der Waals surface area contributed by atoms with E-state index in [4.69, 9.17) is 4.74 Å². The fraction of sp³-hybridized carbons (Fsp3) is 0.105. The van der Waals surface area contributed by atoms with Crippen molar-refractivity contribution in [3.63, 3.8) is 0 Å². The topological polar surface area (TPSA) is 81.5 Å². The van der Waals surface area contributed by atoms with E-state index in [1.165, 1.54) is 24.3 Å². The van der Waals surface area contributed by atoms with Crippen LogP contribution in [0.2, 0.25) is 0 Å². The Morgan fingerprint density at radius 2 is 2.08 bits per heavy atom. The maximum atomic E-state index is 12.1.